The third kappa shape index (κ3) is 10.5. The zero-order valence-electron chi connectivity index (χ0n) is 12.4. The Kier molecular flexibility index (Phi) is 11.3. The average Bonchev–Trinajstić information content (AvgIpc) is 2.39. The summed E-state index contributed by atoms with van der Waals surface area (Å²) >= 11 is 0. The van der Waals surface area contributed by atoms with Gasteiger partial charge in [-0.1, -0.05) is 39.0 Å². The Morgan fingerprint density at radius 2 is 1.74 bits per heavy atom. The molecule has 1 unspecified atom stereocenters. The predicted octanol–water partition coefficient (Wildman–Crippen LogP) is 2.04. The Labute approximate surface area is 116 Å². The Morgan fingerprint density at radius 1 is 1.11 bits per heavy atom. The van der Waals surface area contributed by atoms with Gasteiger partial charge in [-0.25, -0.2) is 4.79 Å². The maximum Gasteiger partial charge on any atom is 0.330 e. The normalized spacial score (nSPS) is 11.9. The standard InChI is InChI=1S/C14H27NO4/c1-4-5-6-7-8-9-10-19-11-13(14(17)18-3)15-12(2)16/h13H,4-11H2,1-3H3,(H,15,16). The zero-order valence-corrected chi connectivity index (χ0v) is 12.4. The second-order valence-corrected chi connectivity index (χ2v) is 4.62. The van der Waals surface area contributed by atoms with Crippen molar-refractivity contribution in [3.05, 3.63) is 0 Å². The minimum atomic E-state index is -0.706. The maximum absolute atomic E-state index is 11.4. The van der Waals surface area contributed by atoms with Crippen LogP contribution >= 0.6 is 0 Å². The topological polar surface area (TPSA) is 64.6 Å². The number of hydrogen-bond donors (Lipinski definition) is 1. The van der Waals surface area contributed by atoms with Crippen molar-refractivity contribution in [2.75, 3.05) is 20.3 Å². The number of rotatable bonds is 11. The van der Waals surface area contributed by atoms with E-state index in [2.05, 4.69) is 17.0 Å². The van der Waals surface area contributed by atoms with Gasteiger partial charge in [-0.05, 0) is 6.42 Å². The van der Waals surface area contributed by atoms with E-state index in [-0.39, 0.29) is 12.5 Å². The van der Waals surface area contributed by atoms with E-state index < -0.39 is 12.0 Å². The van der Waals surface area contributed by atoms with Crippen LogP contribution in [0.1, 0.15) is 52.4 Å². The van der Waals surface area contributed by atoms with Crippen LogP contribution in [0, 0.1) is 0 Å². The molecule has 0 aliphatic rings. The molecule has 0 saturated carbocycles. The van der Waals surface area contributed by atoms with Gasteiger partial charge in [-0.3, -0.25) is 4.79 Å². The summed E-state index contributed by atoms with van der Waals surface area (Å²) in [6.45, 7) is 4.34. The smallest absolute Gasteiger partial charge is 0.330 e. The van der Waals surface area contributed by atoms with E-state index in [1.165, 1.54) is 39.7 Å². The number of methoxy groups -OCH3 is 1. The van der Waals surface area contributed by atoms with Crippen molar-refractivity contribution in [1.82, 2.24) is 5.32 Å². The van der Waals surface area contributed by atoms with Crippen molar-refractivity contribution < 1.29 is 19.1 Å². The zero-order chi connectivity index (χ0) is 14.5. The minimum absolute atomic E-state index is 0.168. The summed E-state index contributed by atoms with van der Waals surface area (Å²) in [6, 6.07) is -0.706. The summed E-state index contributed by atoms with van der Waals surface area (Å²) in [4.78, 5) is 22.3. The molecule has 0 aromatic heterocycles. The van der Waals surface area contributed by atoms with Crippen LogP contribution in [0.3, 0.4) is 0 Å². The molecule has 0 spiro atoms. The third-order valence-corrected chi connectivity index (χ3v) is 2.79. The average molecular weight is 273 g/mol. The fourth-order valence-electron chi connectivity index (χ4n) is 1.74. The highest BCUT2D eigenvalue weighted by molar-refractivity contribution is 5.83. The Morgan fingerprint density at radius 3 is 2.32 bits per heavy atom. The highest BCUT2D eigenvalue weighted by Gasteiger charge is 2.19. The van der Waals surface area contributed by atoms with Crippen LogP contribution in [-0.2, 0) is 19.1 Å². The lowest BCUT2D eigenvalue weighted by atomic mass is 10.1. The molecule has 0 aromatic carbocycles. The summed E-state index contributed by atoms with van der Waals surface area (Å²) in [5.41, 5.74) is 0. The summed E-state index contributed by atoms with van der Waals surface area (Å²) < 4.78 is 10.0. The van der Waals surface area contributed by atoms with E-state index in [0.29, 0.717) is 6.61 Å². The highest BCUT2D eigenvalue weighted by Crippen LogP contribution is 2.05. The SMILES string of the molecule is CCCCCCCCOCC(NC(C)=O)C(=O)OC. The molecular formula is C14H27NO4. The van der Waals surface area contributed by atoms with Gasteiger partial charge in [0.05, 0.1) is 13.7 Å². The van der Waals surface area contributed by atoms with Gasteiger partial charge < -0.3 is 14.8 Å². The molecular weight excluding hydrogens is 246 g/mol. The van der Waals surface area contributed by atoms with Crippen LogP contribution in [0.15, 0.2) is 0 Å². The van der Waals surface area contributed by atoms with Crippen LogP contribution in [0.4, 0.5) is 0 Å². The Balaban J connectivity index is 3.63. The van der Waals surface area contributed by atoms with E-state index in [1.807, 2.05) is 0 Å². The van der Waals surface area contributed by atoms with Gasteiger partial charge in [0.25, 0.3) is 0 Å². The van der Waals surface area contributed by atoms with E-state index >= 15 is 0 Å². The molecule has 0 heterocycles. The quantitative estimate of drug-likeness (QED) is 0.462. The molecule has 5 nitrogen and oxygen atoms in total. The van der Waals surface area contributed by atoms with Gasteiger partial charge in [0, 0.05) is 13.5 Å². The lowest BCUT2D eigenvalue weighted by Crippen LogP contribution is -2.43. The van der Waals surface area contributed by atoms with Gasteiger partial charge >= 0.3 is 5.97 Å². The first-order valence-electron chi connectivity index (χ1n) is 7.04. The number of unbranched alkanes of at least 4 members (excludes halogenated alkanes) is 5. The number of amides is 1. The predicted molar refractivity (Wildman–Crippen MR) is 73.8 cm³/mol. The molecule has 0 rings (SSSR count). The van der Waals surface area contributed by atoms with E-state index in [9.17, 15) is 9.59 Å². The third-order valence-electron chi connectivity index (χ3n) is 2.79. The fraction of sp³-hybridized carbons (Fsp3) is 0.857. The fourth-order valence-corrected chi connectivity index (χ4v) is 1.74. The van der Waals surface area contributed by atoms with Gasteiger partial charge in [-0.15, -0.1) is 0 Å². The molecule has 1 atom stereocenters. The summed E-state index contributed by atoms with van der Waals surface area (Å²) in [6.07, 6.45) is 7.15. The molecule has 1 N–H and O–H groups in total. The largest absolute Gasteiger partial charge is 0.467 e. The van der Waals surface area contributed by atoms with E-state index in [4.69, 9.17) is 4.74 Å². The van der Waals surface area contributed by atoms with E-state index in [0.717, 1.165) is 12.8 Å². The highest BCUT2D eigenvalue weighted by atomic mass is 16.5. The van der Waals surface area contributed by atoms with Crippen LogP contribution in [0.2, 0.25) is 0 Å². The molecule has 0 fully saturated rings. The lowest BCUT2D eigenvalue weighted by Gasteiger charge is -2.15. The van der Waals surface area contributed by atoms with Crippen LogP contribution in [0.5, 0.6) is 0 Å². The first kappa shape index (κ1) is 17.9. The molecule has 0 aromatic rings. The molecule has 1 amide bonds. The van der Waals surface area contributed by atoms with Crippen molar-refractivity contribution in [3.63, 3.8) is 0 Å². The minimum Gasteiger partial charge on any atom is -0.467 e. The number of carbonyl (C=O) groups excluding carboxylic acids is 2. The lowest BCUT2D eigenvalue weighted by molar-refractivity contribution is -0.146. The first-order valence-corrected chi connectivity index (χ1v) is 7.04. The summed E-state index contributed by atoms with van der Waals surface area (Å²) in [5.74, 6) is -0.739. The number of esters is 1. The summed E-state index contributed by atoms with van der Waals surface area (Å²) in [7, 11) is 1.30. The van der Waals surface area contributed by atoms with Crippen molar-refractivity contribution in [2.45, 2.75) is 58.4 Å². The van der Waals surface area contributed by atoms with Crippen LogP contribution in [-0.4, -0.2) is 38.2 Å². The van der Waals surface area contributed by atoms with Crippen LogP contribution in [0.25, 0.3) is 0 Å². The number of hydrogen-bond acceptors (Lipinski definition) is 4. The second kappa shape index (κ2) is 12.0. The molecule has 0 radical (unpaired) electrons. The van der Waals surface area contributed by atoms with Gasteiger partial charge in [0.15, 0.2) is 6.04 Å². The Hall–Kier alpha value is -1.10. The first-order chi connectivity index (χ1) is 9.11. The van der Waals surface area contributed by atoms with Crippen molar-refractivity contribution in [3.8, 4) is 0 Å². The molecule has 5 heteroatoms. The van der Waals surface area contributed by atoms with Crippen LogP contribution < -0.4 is 5.32 Å². The number of nitrogens with one attached hydrogen (secondary N) is 1. The molecule has 19 heavy (non-hydrogen) atoms. The molecule has 0 aliphatic heterocycles. The monoisotopic (exact) mass is 273 g/mol. The van der Waals surface area contributed by atoms with Gasteiger partial charge in [0.1, 0.15) is 0 Å². The summed E-state index contributed by atoms with van der Waals surface area (Å²) in [5, 5.41) is 2.51. The number of ether oxygens (including phenoxy) is 2. The van der Waals surface area contributed by atoms with E-state index in [1.54, 1.807) is 0 Å². The van der Waals surface area contributed by atoms with Crippen molar-refractivity contribution >= 4 is 11.9 Å². The van der Waals surface area contributed by atoms with Gasteiger partial charge in [0.2, 0.25) is 5.91 Å². The molecule has 0 aliphatic carbocycles. The van der Waals surface area contributed by atoms with Crippen molar-refractivity contribution in [1.29, 1.82) is 0 Å². The molecule has 112 valence electrons. The molecule has 0 bridgehead atoms. The Bertz CT molecular complexity index is 256. The van der Waals surface area contributed by atoms with Crippen molar-refractivity contribution in [2.24, 2.45) is 0 Å². The molecule has 0 saturated heterocycles. The maximum atomic E-state index is 11.4. The number of carbonyl (C=O) groups is 2. The van der Waals surface area contributed by atoms with Gasteiger partial charge in [-0.2, -0.15) is 0 Å². The second-order valence-electron chi connectivity index (χ2n) is 4.62.